The molecule has 17 nitrogen and oxygen atoms in total. The van der Waals surface area contributed by atoms with Gasteiger partial charge in [-0.25, -0.2) is 9.13 Å². The highest BCUT2D eigenvalue weighted by Crippen LogP contribution is 2.45. The lowest BCUT2D eigenvalue weighted by Crippen LogP contribution is -2.30. The van der Waals surface area contributed by atoms with Crippen molar-refractivity contribution in [2.45, 2.75) is 394 Å². The van der Waals surface area contributed by atoms with E-state index in [0.29, 0.717) is 25.7 Å². The molecule has 0 aromatic rings. The van der Waals surface area contributed by atoms with E-state index in [1.807, 2.05) is 0 Å². The van der Waals surface area contributed by atoms with Crippen LogP contribution in [0.25, 0.3) is 0 Å². The molecule has 552 valence electrons. The van der Waals surface area contributed by atoms with Gasteiger partial charge in [0.2, 0.25) is 0 Å². The molecule has 0 rings (SSSR count). The molecule has 0 radical (unpaired) electrons. The number of aliphatic hydroxyl groups is 1. The van der Waals surface area contributed by atoms with Gasteiger partial charge in [0.1, 0.15) is 19.3 Å². The van der Waals surface area contributed by atoms with Crippen LogP contribution in [0.4, 0.5) is 0 Å². The smallest absolute Gasteiger partial charge is 0.462 e. The van der Waals surface area contributed by atoms with Crippen molar-refractivity contribution >= 4 is 39.5 Å². The van der Waals surface area contributed by atoms with E-state index in [1.54, 1.807) is 0 Å². The lowest BCUT2D eigenvalue weighted by molar-refractivity contribution is -0.161. The number of ether oxygens (including phenoxy) is 4. The van der Waals surface area contributed by atoms with Gasteiger partial charge in [-0.05, 0) is 43.4 Å². The number of rotatable bonds is 72. The fourth-order valence-electron chi connectivity index (χ4n) is 11.2. The number of unbranched alkanes of at least 4 members (excludes halogenated alkanes) is 40. The number of phosphoric acid groups is 2. The summed E-state index contributed by atoms with van der Waals surface area (Å²) in [5.41, 5.74) is 0. The highest BCUT2D eigenvalue weighted by molar-refractivity contribution is 7.47. The van der Waals surface area contributed by atoms with Crippen molar-refractivity contribution in [3.8, 4) is 0 Å². The summed E-state index contributed by atoms with van der Waals surface area (Å²) in [6.07, 6.45) is 49.9. The van der Waals surface area contributed by atoms with E-state index in [0.717, 1.165) is 114 Å². The first-order valence-electron chi connectivity index (χ1n) is 38.3. The first-order chi connectivity index (χ1) is 44.7. The minimum absolute atomic E-state index is 0.106. The zero-order valence-corrected chi connectivity index (χ0v) is 62.5. The van der Waals surface area contributed by atoms with E-state index in [2.05, 4.69) is 48.5 Å². The summed E-state index contributed by atoms with van der Waals surface area (Å²) < 4.78 is 68.4. The van der Waals surface area contributed by atoms with Crippen LogP contribution >= 0.6 is 15.6 Å². The summed E-state index contributed by atoms with van der Waals surface area (Å²) >= 11 is 0. The number of esters is 4. The Morgan fingerprint density at radius 1 is 0.290 bits per heavy atom. The molecule has 0 aliphatic heterocycles. The van der Waals surface area contributed by atoms with Crippen LogP contribution in [0.15, 0.2) is 0 Å². The van der Waals surface area contributed by atoms with Gasteiger partial charge in [-0.15, -0.1) is 0 Å². The third-order valence-electron chi connectivity index (χ3n) is 17.1. The van der Waals surface area contributed by atoms with E-state index < -0.39 is 97.5 Å². The van der Waals surface area contributed by atoms with Gasteiger partial charge in [0.15, 0.2) is 12.2 Å². The quantitative estimate of drug-likeness (QED) is 0.0222. The molecule has 0 spiro atoms. The fourth-order valence-corrected chi connectivity index (χ4v) is 12.8. The van der Waals surface area contributed by atoms with Crippen LogP contribution in [0.2, 0.25) is 0 Å². The van der Waals surface area contributed by atoms with Crippen molar-refractivity contribution in [3.05, 3.63) is 0 Å². The SMILES string of the molecule is CCCCCCCCCCC(=O)OC[C@H](COP(=O)(O)OC[C@H](O)COP(=O)(O)OC[C@@H](COC(=O)CCCCCCCCCCCCCC(C)C)OC(=O)CCCCCCCCCCCCCCCCC(C)C)OC(=O)CCCCCCCCCCCCCC(C)C. The number of carbonyl (C=O) groups excluding carboxylic acids is 4. The Kier molecular flexibility index (Phi) is 63.4. The van der Waals surface area contributed by atoms with E-state index >= 15 is 0 Å². The summed E-state index contributed by atoms with van der Waals surface area (Å²) in [5, 5.41) is 10.6. The molecule has 0 aromatic carbocycles. The second-order valence-electron chi connectivity index (χ2n) is 28.1. The minimum Gasteiger partial charge on any atom is -0.462 e. The van der Waals surface area contributed by atoms with Gasteiger partial charge in [-0.2, -0.15) is 0 Å². The molecule has 0 aliphatic carbocycles. The Morgan fingerprint density at radius 3 is 0.731 bits per heavy atom. The molecule has 0 fully saturated rings. The molecule has 0 amide bonds. The molecule has 0 aromatic heterocycles. The van der Waals surface area contributed by atoms with E-state index in [9.17, 15) is 43.2 Å². The monoisotopic (exact) mass is 1370 g/mol. The highest BCUT2D eigenvalue weighted by atomic mass is 31.2. The summed E-state index contributed by atoms with van der Waals surface area (Å²) in [7, 11) is -9.91. The molecule has 0 heterocycles. The Balaban J connectivity index is 5.22. The van der Waals surface area contributed by atoms with E-state index in [4.69, 9.17) is 37.0 Å². The zero-order valence-electron chi connectivity index (χ0n) is 60.7. The van der Waals surface area contributed by atoms with Crippen LogP contribution in [0.3, 0.4) is 0 Å². The standard InChI is InChI=1S/C74H144O17P2/c1-8-9-10-11-12-34-41-48-55-71(76)84-61-69(90-74(79)58-51-44-37-30-24-18-21-27-33-40-47-54-67(6)7)63-88-92(80,81)86-59-68(75)60-87-93(82,83)89-64-70(62-85-72(77)56-49-42-35-28-23-17-20-26-32-39-46-53-66(4)5)91-73(78)57-50-43-36-29-22-16-14-13-15-19-25-31-38-45-52-65(2)3/h65-70,75H,8-64H2,1-7H3,(H,80,81)(H,82,83)/t68-,69+,70+/m0/s1. The molecular formula is C74H144O17P2. The van der Waals surface area contributed by atoms with Crippen LogP contribution in [0, 0.1) is 17.8 Å². The first kappa shape index (κ1) is 91.1. The second kappa shape index (κ2) is 64.7. The van der Waals surface area contributed by atoms with Gasteiger partial charge >= 0.3 is 39.5 Å². The molecule has 0 saturated carbocycles. The summed E-state index contributed by atoms with van der Waals surface area (Å²) in [4.78, 5) is 72.7. The van der Waals surface area contributed by atoms with Gasteiger partial charge < -0.3 is 33.8 Å². The Bertz CT molecular complexity index is 1820. The average Bonchev–Trinajstić information content (AvgIpc) is 3.22. The average molecular weight is 1370 g/mol. The van der Waals surface area contributed by atoms with Crippen molar-refractivity contribution in [3.63, 3.8) is 0 Å². The van der Waals surface area contributed by atoms with Crippen LogP contribution in [0.1, 0.15) is 376 Å². The summed E-state index contributed by atoms with van der Waals surface area (Å²) in [5.74, 6) is 0.210. The molecule has 0 saturated heterocycles. The van der Waals surface area contributed by atoms with Crippen LogP contribution in [0.5, 0.6) is 0 Å². The highest BCUT2D eigenvalue weighted by Gasteiger charge is 2.30. The maximum Gasteiger partial charge on any atom is 0.472 e. The third-order valence-corrected chi connectivity index (χ3v) is 19.0. The largest absolute Gasteiger partial charge is 0.472 e. The maximum absolute atomic E-state index is 13.1. The van der Waals surface area contributed by atoms with Crippen molar-refractivity contribution in [2.24, 2.45) is 17.8 Å². The molecule has 0 aliphatic rings. The van der Waals surface area contributed by atoms with Gasteiger partial charge in [0, 0.05) is 25.7 Å². The van der Waals surface area contributed by atoms with E-state index in [1.165, 1.54) is 180 Å². The van der Waals surface area contributed by atoms with Crippen molar-refractivity contribution in [2.75, 3.05) is 39.6 Å². The van der Waals surface area contributed by atoms with Gasteiger partial charge in [0.05, 0.1) is 26.4 Å². The fraction of sp³-hybridized carbons (Fsp3) is 0.946. The maximum atomic E-state index is 13.1. The molecule has 5 atom stereocenters. The minimum atomic E-state index is -4.96. The zero-order chi connectivity index (χ0) is 68.7. The molecule has 2 unspecified atom stereocenters. The molecule has 93 heavy (non-hydrogen) atoms. The van der Waals surface area contributed by atoms with Gasteiger partial charge in [-0.1, -0.05) is 325 Å². The Labute approximate surface area is 568 Å². The van der Waals surface area contributed by atoms with Gasteiger partial charge in [-0.3, -0.25) is 37.3 Å². The topological polar surface area (TPSA) is 237 Å². The predicted octanol–water partition coefficient (Wildman–Crippen LogP) is 21.4. The number of aliphatic hydroxyl groups excluding tert-OH is 1. The second-order valence-corrected chi connectivity index (χ2v) is 31.0. The van der Waals surface area contributed by atoms with Crippen molar-refractivity contribution < 1.29 is 80.2 Å². The van der Waals surface area contributed by atoms with E-state index in [-0.39, 0.29) is 25.7 Å². The normalized spacial score (nSPS) is 14.1. The predicted molar refractivity (Wildman–Crippen MR) is 377 cm³/mol. The number of phosphoric ester groups is 2. The summed E-state index contributed by atoms with van der Waals surface area (Å²) in [6.45, 7) is 11.9. The Hall–Kier alpha value is -1.94. The Morgan fingerprint density at radius 2 is 0.495 bits per heavy atom. The van der Waals surface area contributed by atoms with Crippen molar-refractivity contribution in [1.29, 1.82) is 0 Å². The lowest BCUT2D eigenvalue weighted by Gasteiger charge is -2.21. The van der Waals surface area contributed by atoms with Crippen LogP contribution in [-0.4, -0.2) is 96.7 Å². The molecule has 19 heteroatoms. The van der Waals surface area contributed by atoms with Crippen molar-refractivity contribution in [1.82, 2.24) is 0 Å². The number of hydrogen-bond donors (Lipinski definition) is 3. The van der Waals surface area contributed by atoms with Crippen LogP contribution in [-0.2, 0) is 65.4 Å². The number of carbonyl (C=O) groups is 4. The molecule has 3 N–H and O–H groups in total. The van der Waals surface area contributed by atoms with Crippen LogP contribution < -0.4 is 0 Å². The molecule has 0 bridgehead atoms. The molecular weight excluding hydrogens is 1220 g/mol. The van der Waals surface area contributed by atoms with Gasteiger partial charge in [0.25, 0.3) is 0 Å². The number of hydrogen-bond acceptors (Lipinski definition) is 15. The third kappa shape index (κ3) is 68.4. The first-order valence-corrected chi connectivity index (χ1v) is 41.3. The summed E-state index contributed by atoms with van der Waals surface area (Å²) in [6, 6.07) is 0. The lowest BCUT2D eigenvalue weighted by atomic mass is 10.0.